The van der Waals surface area contributed by atoms with Crippen molar-refractivity contribution in [3.63, 3.8) is 0 Å². The summed E-state index contributed by atoms with van der Waals surface area (Å²) in [6.45, 7) is 0. The van der Waals surface area contributed by atoms with Gasteiger partial charge in [0, 0.05) is 34.2 Å². The number of fused-ring (bicyclic) bond motifs is 2. The summed E-state index contributed by atoms with van der Waals surface area (Å²) in [6, 6.07) is 30.3. The van der Waals surface area contributed by atoms with Crippen molar-refractivity contribution < 1.29 is 4.79 Å². The number of carbonyl (C=O) groups is 1. The number of amidine groups is 1. The monoisotopic (exact) mass is 447 g/mol. The summed E-state index contributed by atoms with van der Waals surface area (Å²) in [5.41, 5.74) is 3.75. The molecule has 2 aliphatic heterocycles. The first-order valence-electron chi connectivity index (χ1n) is 11.0. The second kappa shape index (κ2) is 8.26. The van der Waals surface area contributed by atoms with Gasteiger partial charge in [-0.3, -0.25) is 14.7 Å². The number of nitrogens with zero attached hydrogens (tertiary/aromatic N) is 3. The molecule has 4 aromatic rings. The molecular weight excluding hydrogens is 426 g/mol. The van der Waals surface area contributed by atoms with E-state index in [-0.39, 0.29) is 5.91 Å². The lowest BCUT2D eigenvalue weighted by Crippen LogP contribution is -2.38. The topological polar surface area (TPSA) is 45.0 Å². The molecule has 0 saturated heterocycles. The van der Waals surface area contributed by atoms with Crippen LogP contribution < -0.4 is 0 Å². The van der Waals surface area contributed by atoms with Gasteiger partial charge in [0.1, 0.15) is 6.04 Å². The summed E-state index contributed by atoms with van der Waals surface area (Å²) in [5.74, 6) is 0.686. The van der Waals surface area contributed by atoms with E-state index in [0.29, 0.717) is 18.7 Å². The molecule has 0 N–H and O–H groups in total. The Labute approximate surface area is 196 Å². The molecular formula is C28H21N3OS. The highest BCUT2D eigenvalue weighted by Gasteiger charge is 2.38. The highest BCUT2D eigenvalue weighted by atomic mass is 32.1. The summed E-state index contributed by atoms with van der Waals surface area (Å²) in [4.78, 5) is 26.2. The SMILES string of the molecule is O=C1C(Cc2cc3ccccc3s2)N=C2C(Cc3ccccc3)=NC(c3ccccc3)=CN12. The molecule has 1 aromatic heterocycles. The number of rotatable bonds is 5. The fourth-order valence-electron chi connectivity index (χ4n) is 4.33. The first kappa shape index (κ1) is 19.8. The van der Waals surface area contributed by atoms with Crippen molar-refractivity contribution in [2.75, 3.05) is 0 Å². The number of benzene rings is 3. The fraction of sp³-hybridized carbons (Fsp3) is 0.107. The average molecular weight is 448 g/mol. The Morgan fingerprint density at radius 1 is 0.879 bits per heavy atom. The van der Waals surface area contributed by atoms with Crippen LogP contribution in [0.4, 0.5) is 0 Å². The van der Waals surface area contributed by atoms with Crippen LogP contribution in [0.1, 0.15) is 16.0 Å². The molecule has 3 heterocycles. The summed E-state index contributed by atoms with van der Waals surface area (Å²) >= 11 is 1.73. The van der Waals surface area contributed by atoms with Gasteiger partial charge >= 0.3 is 0 Å². The second-order valence-corrected chi connectivity index (χ2v) is 9.40. The molecule has 4 nitrogen and oxygen atoms in total. The van der Waals surface area contributed by atoms with Crippen molar-refractivity contribution in [1.29, 1.82) is 0 Å². The van der Waals surface area contributed by atoms with E-state index in [9.17, 15) is 4.79 Å². The zero-order valence-electron chi connectivity index (χ0n) is 17.9. The predicted octanol–water partition coefficient (Wildman–Crippen LogP) is 5.75. The van der Waals surface area contributed by atoms with Gasteiger partial charge in [-0.05, 0) is 23.1 Å². The highest BCUT2D eigenvalue weighted by Crippen LogP contribution is 2.31. The van der Waals surface area contributed by atoms with Crippen LogP contribution in [0.15, 0.2) is 107 Å². The molecule has 0 bridgehead atoms. The van der Waals surface area contributed by atoms with Crippen molar-refractivity contribution in [3.8, 4) is 0 Å². The molecule has 3 aromatic carbocycles. The number of aliphatic imine (C=N–C) groups is 2. The first-order chi connectivity index (χ1) is 16.2. The quantitative estimate of drug-likeness (QED) is 0.384. The molecule has 33 heavy (non-hydrogen) atoms. The van der Waals surface area contributed by atoms with Gasteiger partial charge < -0.3 is 0 Å². The van der Waals surface area contributed by atoms with Gasteiger partial charge in [-0.1, -0.05) is 78.9 Å². The first-order valence-corrected chi connectivity index (χ1v) is 11.8. The van der Waals surface area contributed by atoms with E-state index in [1.165, 1.54) is 15.0 Å². The van der Waals surface area contributed by atoms with E-state index in [2.05, 4.69) is 30.3 Å². The highest BCUT2D eigenvalue weighted by molar-refractivity contribution is 7.19. The van der Waals surface area contributed by atoms with Crippen LogP contribution in [-0.4, -0.2) is 28.4 Å². The minimum atomic E-state index is -0.430. The fourth-order valence-corrected chi connectivity index (χ4v) is 5.43. The number of thiophene rings is 1. The van der Waals surface area contributed by atoms with Crippen molar-refractivity contribution >= 4 is 44.6 Å². The third-order valence-corrected chi connectivity index (χ3v) is 7.09. The zero-order chi connectivity index (χ0) is 22.2. The Kier molecular flexibility index (Phi) is 4.96. The molecule has 2 aliphatic rings. The Morgan fingerprint density at radius 2 is 1.61 bits per heavy atom. The maximum Gasteiger partial charge on any atom is 0.257 e. The van der Waals surface area contributed by atoms with Crippen LogP contribution in [-0.2, 0) is 17.6 Å². The molecule has 0 fully saturated rings. The predicted molar refractivity (Wildman–Crippen MR) is 136 cm³/mol. The van der Waals surface area contributed by atoms with Crippen LogP contribution in [0.3, 0.4) is 0 Å². The van der Waals surface area contributed by atoms with Gasteiger partial charge in [0.2, 0.25) is 0 Å². The Morgan fingerprint density at radius 3 is 2.39 bits per heavy atom. The standard InChI is InChI=1S/C28H21N3OS/c32-28-24(17-22-16-21-13-7-8-14-26(21)33-22)30-27-23(15-19-9-3-1-4-10-19)29-25(18-31(27)28)20-11-5-2-6-12-20/h1-14,16,18,24H,15,17H2. The van der Waals surface area contributed by atoms with Crippen LogP contribution in [0.2, 0.25) is 0 Å². The molecule has 6 rings (SSSR count). The molecule has 1 amide bonds. The van der Waals surface area contributed by atoms with Crippen molar-refractivity contribution in [2.45, 2.75) is 18.9 Å². The third-order valence-electron chi connectivity index (χ3n) is 5.95. The summed E-state index contributed by atoms with van der Waals surface area (Å²) in [5, 5.41) is 1.21. The second-order valence-electron chi connectivity index (χ2n) is 8.23. The van der Waals surface area contributed by atoms with Gasteiger partial charge in [-0.25, -0.2) is 4.99 Å². The molecule has 160 valence electrons. The van der Waals surface area contributed by atoms with Crippen LogP contribution >= 0.6 is 11.3 Å². The smallest absolute Gasteiger partial charge is 0.257 e. The molecule has 0 aliphatic carbocycles. The van der Waals surface area contributed by atoms with Gasteiger partial charge in [-0.15, -0.1) is 11.3 Å². The molecule has 0 radical (unpaired) electrons. The summed E-state index contributed by atoms with van der Waals surface area (Å²) < 4.78 is 1.24. The van der Waals surface area contributed by atoms with Crippen molar-refractivity contribution in [2.24, 2.45) is 9.98 Å². The van der Waals surface area contributed by atoms with E-state index in [1.54, 1.807) is 16.2 Å². The summed E-state index contributed by atoms with van der Waals surface area (Å²) in [7, 11) is 0. The maximum atomic E-state index is 13.5. The molecule has 0 spiro atoms. The molecule has 0 saturated carbocycles. The largest absolute Gasteiger partial charge is 0.272 e. The van der Waals surface area contributed by atoms with Gasteiger partial charge in [0.25, 0.3) is 5.91 Å². The van der Waals surface area contributed by atoms with Crippen molar-refractivity contribution in [3.05, 3.63) is 113 Å². The molecule has 1 unspecified atom stereocenters. The van der Waals surface area contributed by atoms with Gasteiger partial charge in [0.05, 0.1) is 11.4 Å². The van der Waals surface area contributed by atoms with Crippen molar-refractivity contribution in [1.82, 2.24) is 4.90 Å². The molecule has 1 atom stereocenters. The normalized spacial score (nSPS) is 17.6. The Balaban J connectivity index is 1.36. The molecule has 5 heteroatoms. The lowest BCUT2D eigenvalue weighted by atomic mass is 10.1. The minimum Gasteiger partial charge on any atom is -0.272 e. The minimum absolute atomic E-state index is 0.0105. The van der Waals surface area contributed by atoms with E-state index in [0.717, 1.165) is 22.5 Å². The van der Waals surface area contributed by atoms with E-state index < -0.39 is 6.04 Å². The number of amides is 1. The third kappa shape index (κ3) is 3.81. The van der Waals surface area contributed by atoms with E-state index >= 15 is 0 Å². The average Bonchev–Trinajstić information content (AvgIpc) is 3.41. The van der Waals surface area contributed by atoms with E-state index in [4.69, 9.17) is 9.98 Å². The number of hydrogen-bond acceptors (Lipinski definition) is 4. The summed E-state index contributed by atoms with van der Waals surface area (Å²) in [6.07, 6.45) is 3.07. The Hall–Kier alpha value is -3.83. The van der Waals surface area contributed by atoms with Gasteiger partial charge in [0.15, 0.2) is 5.84 Å². The zero-order valence-corrected chi connectivity index (χ0v) is 18.7. The maximum absolute atomic E-state index is 13.5. The lowest BCUT2D eigenvalue weighted by Gasteiger charge is -2.22. The van der Waals surface area contributed by atoms with E-state index in [1.807, 2.05) is 66.9 Å². The lowest BCUT2D eigenvalue weighted by molar-refractivity contribution is -0.125. The number of carbonyl (C=O) groups excluding carboxylic acids is 1. The van der Waals surface area contributed by atoms with Crippen LogP contribution in [0.5, 0.6) is 0 Å². The van der Waals surface area contributed by atoms with Crippen LogP contribution in [0.25, 0.3) is 15.8 Å². The van der Waals surface area contributed by atoms with Crippen LogP contribution in [0, 0.1) is 0 Å². The number of hydrogen-bond donors (Lipinski definition) is 0. The Bertz CT molecular complexity index is 1400. The van der Waals surface area contributed by atoms with Gasteiger partial charge in [-0.2, -0.15) is 0 Å².